The predicted molar refractivity (Wildman–Crippen MR) is 162 cm³/mol. The van der Waals surface area contributed by atoms with Crippen molar-refractivity contribution in [3.05, 3.63) is 59.2 Å². The smallest absolute Gasteiger partial charge is 0.416 e. The Kier molecular flexibility index (Phi) is 10.4. The van der Waals surface area contributed by atoms with Gasteiger partial charge in [-0.25, -0.2) is 4.79 Å². The molecule has 2 aromatic carbocycles. The second-order valence-corrected chi connectivity index (χ2v) is 12.8. The van der Waals surface area contributed by atoms with Crippen molar-refractivity contribution in [2.75, 3.05) is 38.2 Å². The molecule has 2 fully saturated rings. The van der Waals surface area contributed by atoms with Crippen molar-refractivity contribution in [3.8, 4) is 5.75 Å². The molecule has 8 nitrogen and oxygen atoms in total. The largest absolute Gasteiger partial charge is 0.497 e. The van der Waals surface area contributed by atoms with Crippen molar-refractivity contribution >= 4 is 17.7 Å². The molecule has 2 aliphatic heterocycles. The topological polar surface area (TPSA) is 82.5 Å². The Morgan fingerprint density at radius 1 is 1.00 bits per heavy atom. The second kappa shape index (κ2) is 13.7. The van der Waals surface area contributed by atoms with E-state index in [1.54, 1.807) is 33.9 Å². The van der Waals surface area contributed by atoms with E-state index >= 15 is 0 Å². The molecule has 1 spiro atoms. The van der Waals surface area contributed by atoms with E-state index in [0.29, 0.717) is 63.4 Å². The van der Waals surface area contributed by atoms with Crippen molar-refractivity contribution in [3.63, 3.8) is 0 Å². The predicted octanol–water partition coefficient (Wildman–Crippen LogP) is 6.95. The standard InChI is InChI=1S/C33H44F3N3O5/c1-31(2,3)44-29(40)7-5-17-38(22-24-8-12-27(43-4)13-9-24)28-21-26(33(34,35)36)11-10-25(28)23-39-18-6-14-32(39)15-19-37(20-16-32)30(41)42/h8-13,21H,5-7,14-20,22-23H2,1-4H3,(H,41,42). The van der Waals surface area contributed by atoms with Crippen molar-refractivity contribution < 1.29 is 37.3 Å². The highest BCUT2D eigenvalue weighted by atomic mass is 19.4. The number of rotatable bonds is 10. The van der Waals surface area contributed by atoms with Crippen molar-refractivity contribution in [2.24, 2.45) is 0 Å². The summed E-state index contributed by atoms with van der Waals surface area (Å²) in [6, 6.07) is 11.4. The minimum Gasteiger partial charge on any atom is -0.497 e. The first-order valence-electron chi connectivity index (χ1n) is 15.2. The Morgan fingerprint density at radius 2 is 1.68 bits per heavy atom. The van der Waals surface area contributed by atoms with Gasteiger partial charge >= 0.3 is 18.2 Å². The molecule has 2 heterocycles. The zero-order valence-electron chi connectivity index (χ0n) is 26.1. The summed E-state index contributed by atoms with van der Waals surface area (Å²) >= 11 is 0. The molecule has 2 aromatic rings. The molecule has 242 valence electrons. The van der Waals surface area contributed by atoms with E-state index in [9.17, 15) is 27.9 Å². The SMILES string of the molecule is COc1ccc(CN(CCCC(=O)OC(C)(C)C)c2cc(C(F)(F)F)ccc2CN2CCCC23CCN(C(=O)O)CC3)cc1. The molecular formula is C33H44F3N3O5. The average Bonchev–Trinajstić information content (AvgIpc) is 3.32. The lowest BCUT2D eigenvalue weighted by molar-refractivity contribution is -0.154. The van der Waals surface area contributed by atoms with E-state index in [1.165, 1.54) is 11.0 Å². The number of likely N-dealkylation sites (tertiary alicyclic amines) is 2. The number of hydrogen-bond donors (Lipinski definition) is 1. The van der Waals surface area contributed by atoms with Gasteiger partial charge in [0.2, 0.25) is 0 Å². The molecule has 44 heavy (non-hydrogen) atoms. The van der Waals surface area contributed by atoms with Gasteiger partial charge < -0.3 is 24.4 Å². The van der Waals surface area contributed by atoms with E-state index in [0.717, 1.165) is 36.6 Å². The van der Waals surface area contributed by atoms with E-state index < -0.39 is 23.4 Å². The third kappa shape index (κ3) is 8.58. The molecule has 1 N–H and O–H groups in total. The van der Waals surface area contributed by atoms with E-state index in [-0.39, 0.29) is 17.9 Å². The number of carbonyl (C=O) groups excluding carboxylic acids is 1. The number of anilines is 1. The molecule has 0 aromatic heterocycles. The minimum absolute atomic E-state index is 0.139. The Morgan fingerprint density at radius 3 is 2.27 bits per heavy atom. The number of hydrogen-bond acceptors (Lipinski definition) is 6. The molecule has 2 aliphatic rings. The Bertz CT molecular complexity index is 1290. The number of benzene rings is 2. The maximum Gasteiger partial charge on any atom is 0.416 e. The molecule has 0 atom stereocenters. The van der Waals surface area contributed by atoms with Gasteiger partial charge in [-0.2, -0.15) is 13.2 Å². The highest BCUT2D eigenvalue weighted by molar-refractivity contribution is 5.70. The normalized spacial score (nSPS) is 17.1. The van der Waals surface area contributed by atoms with Crippen LogP contribution in [0.15, 0.2) is 42.5 Å². The monoisotopic (exact) mass is 619 g/mol. The minimum atomic E-state index is -4.52. The van der Waals surface area contributed by atoms with Gasteiger partial charge in [0.25, 0.3) is 0 Å². The van der Waals surface area contributed by atoms with Gasteiger partial charge in [-0.05, 0) is 94.8 Å². The first kappa shape index (κ1) is 33.4. The summed E-state index contributed by atoms with van der Waals surface area (Å²) in [6.07, 6.45) is -1.62. The summed E-state index contributed by atoms with van der Waals surface area (Å²) in [4.78, 5) is 29.7. The molecule has 2 saturated heterocycles. The summed E-state index contributed by atoms with van der Waals surface area (Å²) < 4.78 is 52.8. The summed E-state index contributed by atoms with van der Waals surface area (Å²) in [7, 11) is 1.57. The third-order valence-corrected chi connectivity index (χ3v) is 8.58. The lowest BCUT2D eigenvalue weighted by atomic mass is 9.84. The van der Waals surface area contributed by atoms with Crippen molar-refractivity contribution in [1.82, 2.24) is 9.80 Å². The number of piperidine rings is 1. The van der Waals surface area contributed by atoms with Crippen molar-refractivity contribution in [2.45, 2.75) is 89.7 Å². The van der Waals surface area contributed by atoms with Gasteiger partial charge in [-0.1, -0.05) is 18.2 Å². The Labute approximate surface area is 257 Å². The van der Waals surface area contributed by atoms with Crippen LogP contribution in [0.1, 0.15) is 76.0 Å². The summed E-state index contributed by atoms with van der Waals surface area (Å²) in [5.74, 6) is 0.330. The first-order chi connectivity index (χ1) is 20.7. The summed E-state index contributed by atoms with van der Waals surface area (Å²) in [5, 5.41) is 9.45. The molecule has 0 radical (unpaired) electrons. The van der Waals surface area contributed by atoms with Crippen LogP contribution in [0.4, 0.5) is 23.7 Å². The first-order valence-corrected chi connectivity index (χ1v) is 15.2. The summed E-state index contributed by atoms with van der Waals surface area (Å²) in [5.41, 5.74) is 0.610. The van der Waals surface area contributed by atoms with Crippen LogP contribution in [0.2, 0.25) is 0 Å². The van der Waals surface area contributed by atoms with Crippen LogP contribution >= 0.6 is 0 Å². The quantitative estimate of drug-likeness (QED) is 0.288. The fraction of sp³-hybridized carbons (Fsp3) is 0.576. The van der Waals surface area contributed by atoms with E-state index in [1.807, 2.05) is 29.2 Å². The molecule has 0 aliphatic carbocycles. The molecular weight excluding hydrogens is 575 g/mol. The molecule has 0 unspecified atom stereocenters. The molecule has 0 bridgehead atoms. The van der Waals surface area contributed by atoms with Crippen LogP contribution in [-0.2, 0) is 28.8 Å². The third-order valence-electron chi connectivity index (χ3n) is 8.58. The lowest BCUT2D eigenvalue weighted by Gasteiger charge is -2.45. The van der Waals surface area contributed by atoms with Crippen LogP contribution in [0.25, 0.3) is 0 Å². The van der Waals surface area contributed by atoms with Gasteiger partial charge in [0.1, 0.15) is 11.4 Å². The molecule has 11 heteroatoms. The highest BCUT2D eigenvalue weighted by Gasteiger charge is 2.44. The number of methoxy groups -OCH3 is 1. The second-order valence-electron chi connectivity index (χ2n) is 12.8. The van der Waals surface area contributed by atoms with Crippen LogP contribution < -0.4 is 9.64 Å². The fourth-order valence-electron chi connectivity index (χ4n) is 6.34. The highest BCUT2D eigenvalue weighted by Crippen LogP contribution is 2.41. The summed E-state index contributed by atoms with van der Waals surface area (Å²) in [6.45, 7) is 8.21. The average molecular weight is 620 g/mol. The fourth-order valence-corrected chi connectivity index (χ4v) is 6.34. The van der Waals surface area contributed by atoms with Crippen LogP contribution in [-0.4, -0.2) is 71.4 Å². The molecule has 4 rings (SSSR count). The number of amides is 1. The number of carbonyl (C=O) groups is 2. The zero-order valence-corrected chi connectivity index (χ0v) is 26.1. The number of esters is 1. The Hall–Kier alpha value is -3.47. The van der Waals surface area contributed by atoms with E-state index in [2.05, 4.69) is 4.90 Å². The number of halogens is 3. The van der Waals surface area contributed by atoms with Crippen LogP contribution in [0.3, 0.4) is 0 Å². The number of nitrogens with zero attached hydrogens (tertiary/aromatic N) is 3. The lowest BCUT2D eigenvalue weighted by Crippen LogP contribution is -2.52. The van der Waals surface area contributed by atoms with Crippen LogP contribution in [0.5, 0.6) is 5.75 Å². The van der Waals surface area contributed by atoms with Gasteiger partial charge in [0, 0.05) is 50.4 Å². The number of carboxylic acid groups (broad SMARTS) is 1. The van der Waals surface area contributed by atoms with Gasteiger partial charge in [-0.3, -0.25) is 9.69 Å². The zero-order chi connectivity index (χ0) is 32.1. The maximum atomic E-state index is 14.0. The van der Waals surface area contributed by atoms with Crippen molar-refractivity contribution in [1.29, 1.82) is 0 Å². The van der Waals surface area contributed by atoms with Gasteiger partial charge in [-0.15, -0.1) is 0 Å². The van der Waals surface area contributed by atoms with Gasteiger partial charge in [0.15, 0.2) is 0 Å². The van der Waals surface area contributed by atoms with E-state index in [4.69, 9.17) is 9.47 Å². The van der Waals surface area contributed by atoms with Gasteiger partial charge in [0.05, 0.1) is 12.7 Å². The number of ether oxygens (including phenoxy) is 2. The molecule has 0 saturated carbocycles. The Balaban J connectivity index is 1.64. The van der Waals surface area contributed by atoms with Crippen LogP contribution in [0, 0.1) is 0 Å². The molecule has 1 amide bonds. The number of alkyl halides is 3. The maximum absolute atomic E-state index is 14.0.